The second kappa shape index (κ2) is 17.6. The first-order valence-corrected chi connectivity index (χ1v) is 17.4. The van der Waals surface area contributed by atoms with Crippen LogP contribution in [0.5, 0.6) is 0 Å². The third-order valence-corrected chi connectivity index (χ3v) is 9.77. The van der Waals surface area contributed by atoms with Gasteiger partial charge < -0.3 is 9.64 Å². The normalized spacial score (nSPS) is 18.0. The standard InChI is InChI=1S/C33H48N4O4S2/c1-5-8-9-10-11-12-13-14-15-16-20-37-31(39)28(43-33(37)42)21-26-24(4)27(22-34)30(38)36(6-2)29(26)35-19-17-18-25(23-35)32(40)41-7-3/h21,25H,5-20,23H2,1-4H3/b28-21+. The highest BCUT2D eigenvalue weighted by Gasteiger charge is 2.34. The minimum Gasteiger partial charge on any atom is -0.466 e. The average molecular weight is 629 g/mol. The van der Waals surface area contributed by atoms with E-state index in [1.165, 1.54) is 63.1 Å². The fourth-order valence-corrected chi connectivity index (χ4v) is 7.27. The van der Waals surface area contributed by atoms with Gasteiger partial charge >= 0.3 is 5.97 Å². The summed E-state index contributed by atoms with van der Waals surface area (Å²) in [7, 11) is 0. The van der Waals surface area contributed by atoms with Crippen molar-refractivity contribution < 1.29 is 14.3 Å². The Morgan fingerprint density at radius 1 is 1.07 bits per heavy atom. The van der Waals surface area contributed by atoms with Crippen LogP contribution in [0.15, 0.2) is 9.70 Å². The van der Waals surface area contributed by atoms with Crippen LogP contribution in [-0.2, 0) is 20.9 Å². The molecule has 10 heteroatoms. The molecule has 0 aliphatic carbocycles. The van der Waals surface area contributed by atoms with Crippen molar-refractivity contribution in [2.45, 2.75) is 111 Å². The van der Waals surface area contributed by atoms with Crippen molar-refractivity contribution in [2.75, 3.05) is 31.1 Å². The number of nitrogens with zero attached hydrogens (tertiary/aromatic N) is 4. The van der Waals surface area contributed by atoms with E-state index in [2.05, 4.69) is 13.0 Å². The van der Waals surface area contributed by atoms with E-state index in [0.717, 1.165) is 19.3 Å². The Morgan fingerprint density at radius 3 is 2.33 bits per heavy atom. The maximum Gasteiger partial charge on any atom is 0.310 e. The van der Waals surface area contributed by atoms with Crippen LogP contribution in [0.3, 0.4) is 0 Å². The first-order valence-electron chi connectivity index (χ1n) is 16.1. The molecular formula is C33H48N4O4S2. The van der Waals surface area contributed by atoms with Crippen LogP contribution in [-0.4, -0.2) is 51.9 Å². The highest BCUT2D eigenvalue weighted by molar-refractivity contribution is 8.26. The zero-order valence-electron chi connectivity index (χ0n) is 26.4. The van der Waals surface area contributed by atoms with E-state index in [4.69, 9.17) is 17.0 Å². The number of pyridine rings is 1. The predicted molar refractivity (Wildman–Crippen MR) is 179 cm³/mol. The van der Waals surface area contributed by atoms with Gasteiger partial charge in [-0.15, -0.1) is 0 Å². The number of amides is 1. The number of carbonyl (C=O) groups excluding carboxylic acids is 2. The van der Waals surface area contributed by atoms with Crippen LogP contribution < -0.4 is 10.5 Å². The van der Waals surface area contributed by atoms with Crippen LogP contribution in [0.2, 0.25) is 0 Å². The third kappa shape index (κ3) is 8.95. The zero-order valence-corrected chi connectivity index (χ0v) is 28.0. The first-order chi connectivity index (χ1) is 20.8. The summed E-state index contributed by atoms with van der Waals surface area (Å²) >= 11 is 6.89. The van der Waals surface area contributed by atoms with E-state index in [0.29, 0.717) is 65.4 Å². The molecule has 1 aromatic rings. The number of thioether (sulfide) groups is 1. The number of ether oxygens (including phenoxy) is 1. The average Bonchev–Trinajstić information content (AvgIpc) is 3.27. The molecule has 0 aromatic carbocycles. The molecule has 2 fully saturated rings. The number of hydrogen-bond acceptors (Lipinski definition) is 8. The van der Waals surface area contributed by atoms with Crippen LogP contribution in [0.1, 0.15) is 115 Å². The van der Waals surface area contributed by atoms with Crippen molar-refractivity contribution in [2.24, 2.45) is 5.92 Å². The Balaban J connectivity index is 1.79. The van der Waals surface area contributed by atoms with Crippen LogP contribution >= 0.6 is 24.0 Å². The van der Waals surface area contributed by atoms with Gasteiger partial charge in [-0.25, -0.2) is 0 Å². The second-order valence-corrected chi connectivity index (χ2v) is 13.1. The van der Waals surface area contributed by atoms with Crippen molar-refractivity contribution >= 4 is 52.1 Å². The van der Waals surface area contributed by atoms with Crippen molar-refractivity contribution in [3.05, 3.63) is 31.9 Å². The molecule has 0 radical (unpaired) electrons. The topological polar surface area (TPSA) is 95.6 Å². The molecule has 1 unspecified atom stereocenters. The van der Waals surface area contributed by atoms with Gasteiger partial charge in [-0.1, -0.05) is 88.7 Å². The number of hydrogen-bond donors (Lipinski definition) is 0. The number of thiocarbonyl (C=S) groups is 1. The number of anilines is 1. The van der Waals surface area contributed by atoms with E-state index in [1.807, 2.05) is 11.8 Å². The Morgan fingerprint density at radius 2 is 1.72 bits per heavy atom. The largest absolute Gasteiger partial charge is 0.466 e. The molecule has 0 saturated carbocycles. The van der Waals surface area contributed by atoms with Gasteiger partial charge in [0, 0.05) is 31.7 Å². The molecule has 43 heavy (non-hydrogen) atoms. The molecular weight excluding hydrogens is 581 g/mol. The number of esters is 1. The van der Waals surface area contributed by atoms with Gasteiger partial charge in [-0.2, -0.15) is 5.26 Å². The van der Waals surface area contributed by atoms with E-state index in [1.54, 1.807) is 29.4 Å². The van der Waals surface area contributed by atoms with Crippen molar-refractivity contribution in [1.29, 1.82) is 5.26 Å². The summed E-state index contributed by atoms with van der Waals surface area (Å²) < 4.78 is 7.43. The summed E-state index contributed by atoms with van der Waals surface area (Å²) in [5, 5.41) is 9.88. The maximum absolute atomic E-state index is 13.5. The summed E-state index contributed by atoms with van der Waals surface area (Å²) in [6, 6.07) is 2.08. The SMILES string of the molecule is CCCCCCCCCCCCN1C(=O)/C(=C\c2c(C)c(C#N)c(=O)n(CC)c2N2CCCC(C(=O)OCC)C2)SC1=S. The van der Waals surface area contributed by atoms with Gasteiger partial charge in [-0.05, 0) is 51.7 Å². The lowest BCUT2D eigenvalue weighted by Gasteiger charge is -2.36. The Labute approximate surface area is 266 Å². The summed E-state index contributed by atoms with van der Waals surface area (Å²) in [6.07, 6.45) is 15.5. The quantitative estimate of drug-likeness (QED) is 0.0840. The lowest BCUT2D eigenvalue weighted by molar-refractivity contribution is -0.148. The number of carbonyl (C=O) groups is 2. The molecule has 2 saturated heterocycles. The van der Waals surface area contributed by atoms with E-state index in [9.17, 15) is 19.6 Å². The highest BCUT2D eigenvalue weighted by atomic mass is 32.2. The summed E-state index contributed by atoms with van der Waals surface area (Å²) in [5.74, 6) is -0.0421. The van der Waals surface area contributed by atoms with Crippen LogP contribution in [0, 0.1) is 24.2 Å². The number of rotatable bonds is 16. The molecule has 0 bridgehead atoms. The Kier molecular flexibility index (Phi) is 14.3. The molecule has 1 atom stereocenters. The molecule has 0 N–H and O–H groups in total. The molecule has 3 heterocycles. The Hall–Kier alpha value is -2.64. The molecule has 2 aliphatic heterocycles. The predicted octanol–water partition coefficient (Wildman–Crippen LogP) is 6.95. The summed E-state index contributed by atoms with van der Waals surface area (Å²) in [6.45, 7) is 9.98. The number of nitriles is 1. The van der Waals surface area contributed by atoms with Gasteiger partial charge in [0.25, 0.3) is 11.5 Å². The van der Waals surface area contributed by atoms with Crippen molar-refractivity contribution in [1.82, 2.24) is 9.47 Å². The number of aromatic nitrogens is 1. The van der Waals surface area contributed by atoms with E-state index < -0.39 is 0 Å². The number of unbranched alkanes of at least 4 members (excludes halogenated alkanes) is 9. The summed E-state index contributed by atoms with van der Waals surface area (Å²) in [4.78, 5) is 43.7. The second-order valence-electron chi connectivity index (χ2n) is 11.5. The van der Waals surface area contributed by atoms with Gasteiger partial charge in [-0.3, -0.25) is 23.9 Å². The van der Waals surface area contributed by atoms with Crippen LogP contribution in [0.4, 0.5) is 5.82 Å². The lowest BCUT2D eigenvalue weighted by atomic mass is 9.96. The third-order valence-electron chi connectivity index (χ3n) is 8.39. The molecule has 236 valence electrons. The molecule has 3 rings (SSSR count). The lowest BCUT2D eigenvalue weighted by Crippen LogP contribution is -2.43. The first kappa shape index (κ1) is 34.8. The van der Waals surface area contributed by atoms with Crippen LogP contribution in [0.25, 0.3) is 6.08 Å². The zero-order chi connectivity index (χ0) is 31.4. The minimum atomic E-state index is -0.360. The van der Waals surface area contributed by atoms with E-state index >= 15 is 0 Å². The molecule has 1 amide bonds. The Bertz CT molecular complexity index is 1280. The fraction of sp³-hybridized carbons (Fsp3) is 0.667. The van der Waals surface area contributed by atoms with Gasteiger partial charge in [0.2, 0.25) is 0 Å². The highest BCUT2D eigenvalue weighted by Crippen LogP contribution is 2.37. The monoisotopic (exact) mass is 628 g/mol. The maximum atomic E-state index is 13.5. The summed E-state index contributed by atoms with van der Waals surface area (Å²) in [5.41, 5.74) is 0.894. The van der Waals surface area contributed by atoms with Gasteiger partial charge in [0.15, 0.2) is 0 Å². The molecule has 2 aliphatic rings. The molecule has 0 spiro atoms. The minimum absolute atomic E-state index is 0.0663. The number of piperidine rings is 1. The smallest absolute Gasteiger partial charge is 0.310 e. The van der Waals surface area contributed by atoms with Crippen molar-refractivity contribution in [3.8, 4) is 6.07 Å². The fourth-order valence-electron chi connectivity index (χ4n) is 5.98. The molecule has 8 nitrogen and oxygen atoms in total. The van der Waals surface area contributed by atoms with Crippen molar-refractivity contribution in [3.63, 3.8) is 0 Å². The molecule has 1 aromatic heterocycles. The van der Waals surface area contributed by atoms with Gasteiger partial charge in [0.1, 0.15) is 21.8 Å². The van der Waals surface area contributed by atoms with E-state index in [-0.39, 0.29) is 28.9 Å². The van der Waals surface area contributed by atoms with Gasteiger partial charge in [0.05, 0.1) is 17.4 Å².